The minimum absolute atomic E-state index is 0.0635. The lowest BCUT2D eigenvalue weighted by Crippen LogP contribution is -2.11. The monoisotopic (exact) mass is 222 g/mol. The van der Waals surface area contributed by atoms with Crippen LogP contribution in [0.3, 0.4) is 0 Å². The number of benzene rings is 1. The van der Waals surface area contributed by atoms with Crippen LogP contribution in [-0.4, -0.2) is 12.4 Å². The number of allylic oxidation sites excluding steroid dienone is 2. The van der Waals surface area contributed by atoms with E-state index in [1.165, 1.54) is 0 Å². The molecule has 0 aromatic heterocycles. The summed E-state index contributed by atoms with van der Waals surface area (Å²) in [7, 11) is 0. The highest BCUT2D eigenvalue weighted by Crippen LogP contribution is 2.17. The van der Waals surface area contributed by atoms with Crippen molar-refractivity contribution in [2.24, 2.45) is 0 Å². The van der Waals surface area contributed by atoms with E-state index < -0.39 is 0 Å². The van der Waals surface area contributed by atoms with E-state index in [-0.39, 0.29) is 5.78 Å². The largest absolute Gasteiger partial charge is 0.490 e. The Kier molecular flexibility index (Phi) is 3.07. The van der Waals surface area contributed by atoms with Crippen molar-refractivity contribution in [3.8, 4) is 0 Å². The summed E-state index contributed by atoms with van der Waals surface area (Å²) in [6.07, 6.45) is 3.74. The Morgan fingerprint density at radius 2 is 2.00 bits per heavy atom. The van der Waals surface area contributed by atoms with E-state index >= 15 is 0 Å². The first kappa shape index (κ1) is 10.2. The number of hydrogen-bond donors (Lipinski definition) is 0. The quantitative estimate of drug-likeness (QED) is 0.719. The molecule has 1 aliphatic rings. The summed E-state index contributed by atoms with van der Waals surface area (Å²) in [5.41, 5.74) is 0.618. The number of hydrogen-bond acceptors (Lipinski definition) is 2. The predicted octanol–water partition coefficient (Wildman–Crippen LogP) is 3.22. The summed E-state index contributed by atoms with van der Waals surface area (Å²) in [6, 6.07) is 6.84. The molecular weight excluding hydrogens is 212 g/mol. The molecule has 15 heavy (non-hydrogen) atoms. The molecule has 1 aromatic rings. The molecule has 0 bridgehead atoms. The van der Waals surface area contributed by atoms with Gasteiger partial charge in [0.2, 0.25) is 5.78 Å². The minimum atomic E-state index is -0.0635. The van der Waals surface area contributed by atoms with Gasteiger partial charge in [-0.05, 0) is 43.2 Å². The highest BCUT2D eigenvalue weighted by Gasteiger charge is 2.15. The van der Waals surface area contributed by atoms with E-state index in [1.54, 1.807) is 24.3 Å². The maximum absolute atomic E-state index is 11.9. The van der Waals surface area contributed by atoms with Gasteiger partial charge in [0.15, 0.2) is 5.76 Å². The number of Topliss-reactive ketones (excluding diaryl/α,β-unsaturated/α-hetero) is 1. The van der Waals surface area contributed by atoms with Crippen LogP contribution >= 0.6 is 11.6 Å². The minimum Gasteiger partial charge on any atom is -0.490 e. The van der Waals surface area contributed by atoms with Gasteiger partial charge in [-0.15, -0.1) is 0 Å². The average Bonchev–Trinajstić information content (AvgIpc) is 2.30. The topological polar surface area (TPSA) is 26.3 Å². The van der Waals surface area contributed by atoms with Crippen molar-refractivity contribution in [2.75, 3.05) is 6.61 Å². The van der Waals surface area contributed by atoms with Gasteiger partial charge in [-0.25, -0.2) is 0 Å². The highest BCUT2D eigenvalue weighted by molar-refractivity contribution is 6.30. The van der Waals surface area contributed by atoms with Crippen LogP contribution in [0.2, 0.25) is 5.02 Å². The average molecular weight is 223 g/mol. The van der Waals surface area contributed by atoms with Crippen LogP contribution in [-0.2, 0) is 4.74 Å². The smallest absolute Gasteiger partial charge is 0.227 e. The molecule has 0 aliphatic carbocycles. The van der Waals surface area contributed by atoms with Crippen LogP contribution in [0.15, 0.2) is 36.1 Å². The van der Waals surface area contributed by atoms with Gasteiger partial charge in [0.05, 0.1) is 6.61 Å². The van der Waals surface area contributed by atoms with Gasteiger partial charge < -0.3 is 4.74 Å². The Bertz CT molecular complexity index is 393. The fraction of sp³-hybridized carbons (Fsp3) is 0.250. The van der Waals surface area contributed by atoms with Crippen molar-refractivity contribution < 1.29 is 9.53 Å². The first-order valence-corrected chi connectivity index (χ1v) is 5.28. The number of halogens is 1. The van der Waals surface area contributed by atoms with Crippen LogP contribution in [0.25, 0.3) is 0 Å². The fourth-order valence-electron chi connectivity index (χ4n) is 1.46. The van der Waals surface area contributed by atoms with Crippen molar-refractivity contribution in [2.45, 2.75) is 12.8 Å². The Morgan fingerprint density at radius 1 is 1.27 bits per heavy atom. The molecule has 1 aromatic carbocycles. The summed E-state index contributed by atoms with van der Waals surface area (Å²) in [6.45, 7) is 0.630. The van der Waals surface area contributed by atoms with Gasteiger partial charge >= 0.3 is 0 Å². The van der Waals surface area contributed by atoms with Crippen molar-refractivity contribution in [1.29, 1.82) is 0 Å². The lowest BCUT2D eigenvalue weighted by Gasteiger charge is -2.13. The molecule has 0 spiro atoms. The number of ketones is 1. The molecule has 3 heteroatoms. The second kappa shape index (κ2) is 4.49. The van der Waals surface area contributed by atoms with Crippen molar-refractivity contribution in [3.63, 3.8) is 0 Å². The SMILES string of the molecule is O=C(C1=CCCCO1)c1ccc(Cl)cc1. The lowest BCUT2D eigenvalue weighted by atomic mass is 10.1. The molecule has 2 rings (SSSR count). The number of carbonyl (C=O) groups excluding carboxylic acids is 1. The number of rotatable bonds is 2. The fourth-order valence-corrected chi connectivity index (χ4v) is 1.59. The molecule has 0 unspecified atom stereocenters. The summed E-state index contributed by atoms with van der Waals surface area (Å²) in [4.78, 5) is 11.9. The summed E-state index contributed by atoms with van der Waals surface area (Å²) in [5.74, 6) is 0.398. The molecule has 0 fully saturated rings. The van der Waals surface area contributed by atoms with Crippen molar-refractivity contribution in [1.82, 2.24) is 0 Å². The van der Waals surface area contributed by atoms with Crippen LogP contribution in [0.1, 0.15) is 23.2 Å². The standard InChI is InChI=1S/C12H11ClO2/c13-10-6-4-9(5-7-10)12(14)11-3-1-2-8-15-11/h3-7H,1-2,8H2. The van der Waals surface area contributed by atoms with E-state index in [2.05, 4.69) is 0 Å². The molecule has 0 amide bonds. The van der Waals surface area contributed by atoms with Crippen molar-refractivity contribution >= 4 is 17.4 Å². The summed E-state index contributed by atoms with van der Waals surface area (Å²) < 4.78 is 5.30. The molecule has 1 heterocycles. The van der Waals surface area contributed by atoms with Crippen molar-refractivity contribution in [3.05, 3.63) is 46.7 Å². The van der Waals surface area contributed by atoms with Crippen LogP contribution in [0, 0.1) is 0 Å². The third kappa shape index (κ3) is 2.39. The molecule has 2 nitrogen and oxygen atoms in total. The second-order valence-electron chi connectivity index (χ2n) is 3.40. The predicted molar refractivity (Wildman–Crippen MR) is 59.1 cm³/mol. The van der Waals surface area contributed by atoms with Gasteiger partial charge in [0, 0.05) is 10.6 Å². The lowest BCUT2D eigenvalue weighted by molar-refractivity contribution is 0.0899. The Labute approximate surface area is 93.5 Å². The summed E-state index contributed by atoms with van der Waals surface area (Å²) in [5, 5.41) is 0.630. The molecule has 0 radical (unpaired) electrons. The Balaban J connectivity index is 2.20. The van der Waals surface area contributed by atoms with E-state index in [1.807, 2.05) is 6.08 Å². The van der Waals surface area contributed by atoms with Gasteiger partial charge in [-0.3, -0.25) is 4.79 Å². The third-order valence-electron chi connectivity index (χ3n) is 2.27. The molecule has 0 saturated carbocycles. The molecular formula is C12H11ClO2. The Morgan fingerprint density at radius 3 is 2.60 bits per heavy atom. The van der Waals surface area contributed by atoms with Gasteiger partial charge in [-0.2, -0.15) is 0 Å². The Hall–Kier alpha value is -1.28. The van der Waals surface area contributed by atoms with Gasteiger partial charge in [-0.1, -0.05) is 11.6 Å². The maximum Gasteiger partial charge on any atom is 0.227 e. The number of carbonyl (C=O) groups is 1. The molecule has 1 aliphatic heterocycles. The van der Waals surface area contributed by atoms with E-state index in [0.29, 0.717) is 23.0 Å². The van der Waals surface area contributed by atoms with Gasteiger partial charge in [0.1, 0.15) is 0 Å². The zero-order valence-corrected chi connectivity index (χ0v) is 8.96. The third-order valence-corrected chi connectivity index (χ3v) is 2.52. The van der Waals surface area contributed by atoms with E-state index in [0.717, 1.165) is 12.8 Å². The first-order chi connectivity index (χ1) is 7.27. The van der Waals surface area contributed by atoms with Crippen LogP contribution < -0.4 is 0 Å². The molecule has 0 atom stereocenters. The van der Waals surface area contributed by atoms with Crippen LogP contribution in [0.5, 0.6) is 0 Å². The highest BCUT2D eigenvalue weighted by atomic mass is 35.5. The van der Waals surface area contributed by atoms with E-state index in [9.17, 15) is 4.79 Å². The summed E-state index contributed by atoms with van der Waals surface area (Å²) >= 11 is 5.74. The van der Waals surface area contributed by atoms with Crippen LogP contribution in [0.4, 0.5) is 0 Å². The second-order valence-corrected chi connectivity index (χ2v) is 3.83. The van der Waals surface area contributed by atoms with Gasteiger partial charge in [0.25, 0.3) is 0 Å². The zero-order chi connectivity index (χ0) is 10.7. The number of ether oxygens (including phenoxy) is 1. The maximum atomic E-state index is 11.9. The normalized spacial score (nSPS) is 15.4. The first-order valence-electron chi connectivity index (χ1n) is 4.90. The molecule has 0 saturated heterocycles. The molecule has 78 valence electrons. The van der Waals surface area contributed by atoms with E-state index in [4.69, 9.17) is 16.3 Å². The molecule has 0 N–H and O–H groups in total. The zero-order valence-electron chi connectivity index (χ0n) is 8.20.